The van der Waals surface area contributed by atoms with Gasteiger partial charge in [-0.25, -0.2) is 4.79 Å². The Bertz CT molecular complexity index is 510. The van der Waals surface area contributed by atoms with Gasteiger partial charge in [0.2, 0.25) is 0 Å². The van der Waals surface area contributed by atoms with Crippen molar-refractivity contribution in [2.75, 3.05) is 13.7 Å². The summed E-state index contributed by atoms with van der Waals surface area (Å²) in [7, 11) is 1.32. The Morgan fingerprint density at radius 1 is 1.38 bits per heavy atom. The molecule has 0 aliphatic carbocycles. The van der Waals surface area contributed by atoms with E-state index in [2.05, 4.69) is 9.72 Å². The first-order valence-corrected chi connectivity index (χ1v) is 4.84. The van der Waals surface area contributed by atoms with Gasteiger partial charge < -0.3 is 9.47 Å². The van der Waals surface area contributed by atoms with E-state index in [0.717, 1.165) is 10.9 Å². The maximum Gasteiger partial charge on any atom is 0.343 e. The van der Waals surface area contributed by atoms with Gasteiger partial charge in [-0.2, -0.15) is 0 Å². The molecule has 4 nitrogen and oxygen atoms in total. The largest absolute Gasteiger partial charge is 0.480 e. The number of ether oxygens (including phenoxy) is 2. The van der Waals surface area contributed by atoms with Crippen molar-refractivity contribution in [1.82, 2.24) is 4.98 Å². The van der Waals surface area contributed by atoms with Crippen molar-refractivity contribution in [1.29, 1.82) is 0 Å². The number of pyridine rings is 1. The van der Waals surface area contributed by atoms with Crippen LogP contribution in [-0.4, -0.2) is 24.7 Å². The van der Waals surface area contributed by atoms with Gasteiger partial charge >= 0.3 is 5.97 Å². The Morgan fingerprint density at radius 3 is 3.00 bits per heavy atom. The molecule has 0 bridgehead atoms. The average molecular weight is 217 g/mol. The van der Waals surface area contributed by atoms with Crippen LogP contribution in [0.15, 0.2) is 36.5 Å². The molecule has 2 aromatic rings. The van der Waals surface area contributed by atoms with E-state index < -0.39 is 5.97 Å². The van der Waals surface area contributed by atoms with Gasteiger partial charge in [0.25, 0.3) is 0 Å². The van der Waals surface area contributed by atoms with Gasteiger partial charge in [-0.3, -0.25) is 4.98 Å². The second-order valence-corrected chi connectivity index (χ2v) is 3.23. The number of hydrogen-bond donors (Lipinski definition) is 0. The highest BCUT2D eigenvalue weighted by atomic mass is 16.6. The van der Waals surface area contributed by atoms with Crippen LogP contribution < -0.4 is 4.74 Å². The molecule has 2 rings (SSSR count). The summed E-state index contributed by atoms with van der Waals surface area (Å²) in [6, 6.07) is 9.54. The van der Waals surface area contributed by atoms with Crippen LogP contribution in [0.3, 0.4) is 0 Å². The molecule has 0 aliphatic rings. The summed E-state index contributed by atoms with van der Waals surface area (Å²) >= 11 is 0. The molecule has 0 saturated carbocycles. The predicted molar refractivity (Wildman–Crippen MR) is 59.3 cm³/mol. The molecule has 0 spiro atoms. The fraction of sp³-hybridized carbons (Fsp3) is 0.167. The molecule has 0 amide bonds. The van der Waals surface area contributed by atoms with Gasteiger partial charge in [0.15, 0.2) is 6.61 Å². The van der Waals surface area contributed by atoms with E-state index in [0.29, 0.717) is 5.75 Å². The number of aromatic nitrogens is 1. The van der Waals surface area contributed by atoms with Gasteiger partial charge in [-0.05, 0) is 12.1 Å². The number of para-hydroxylation sites is 1. The molecule has 1 heterocycles. The van der Waals surface area contributed by atoms with Gasteiger partial charge in [-0.1, -0.05) is 18.2 Å². The summed E-state index contributed by atoms with van der Waals surface area (Å²) < 4.78 is 9.70. The molecule has 4 heteroatoms. The predicted octanol–water partition coefficient (Wildman–Crippen LogP) is 1.79. The Kier molecular flexibility index (Phi) is 3.00. The fourth-order valence-corrected chi connectivity index (χ4v) is 1.33. The molecule has 0 saturated heterocycles. The third-order valence-electron chi connectivity index (χ3n) is 2.15. The zero-order chi connectivity index (χ0) is 11.4. The number of methoxy groups -OCH3 is 1. The molecule has 0 N–H and O–H groups in total. The topological polar surface area (TPSA) is 48.4 Å². The SMILES string of the molecule is COC(=O)COc1cnc2ccccc2c1. The smallest absolute Gasteiger partial charge is 0.343 e. The van der Waals surface area contributed by atoms with Gasteiger partial charge in [0.1, 0.15) is 5.75 Å². The van der Waals surface area contributed by atoms with Crippen LogP contribution >= 0.6 is 0 Å². The number of fused-ring (bicyclic) bond motifs is 1. The van der Waals surface area contributed by atoms with Crippen molar-refractivity contribution in [3.05, 3.63) is 36.5 Å². The molecule has 0 unspecified atom stereocenters. The molecule has 82 valence electrons. The summed E-state index contributed by atoms with van der Waals surface area (Å²) in [5.41, 5.74) is 0.896. The Hall–Kier alpha value is -2.10. The summed E-state index contributed by atoms with van der Waals surface area (Å²) in [5.74, 6) is 0.150. The van der Waals surface area contributed by atoms with Crippen molar-refractivity contribution in [3.8, 4) is 5.75 Å². The molecular formula is C12H11NO3. The zero-order valence-electron chi connectivity index (χ0n) is 8.84. The standard InChI is InChI=1S/C12H11NO3/c1-15-12(14)8-16-10-6-9-4-2-3-5-11(9)13-7-10/h2-7H,8H2,1H3. The molecule has 0 aliphatic heterocycles. The molecule has 16 heavy (non-hydrogen) atoms. The fourth-order valence-electron chi connectivity index (χ4n) is 1.33. The van der Waals surface area contributed by atoms with E-state index in [9.17, 15) is 4.79 Å². The number of benzene rings is 1. The third kappa shape index (κ3) is 2.28. The van der Waals surface area contributed by atoms with Crippen LogP contribution in [-0.2, 0) is 9.53 Å². The number of rotatable bonds is 3. The normalized spacial score (nSPS) is 10.1. The lowest BCUT2D eigenvalue weighted by Gasteiger charge is -2.05. The van der Waals surface area contributed by atoms with Crippen LogP contribution in [0, 0.1) is 0 Å². The van der Waals surface area contributed by atoms with Crippen LogP contribution in [0.5, 0.6) is 5.75 Å². The third-order valence-corrected chi connectivity index (χ3v) is 2.15. The number of carbonyl (C=O) groups is 1. The highest BCUT2D eigenvalue weighted by Gasteiger charge is 2.02. The summed E-state index contributed by atoms with van der Waals surface area (Å²) in [6.45, 7) is -0.101. The lowest BCUT2D eigenvalue weighted by Crippen LogP contribution is -2.12. The first kappa shape index (κ1) is 10.4. The van der Waals surface area contributed by atoms with E-state index in [1.54, 1.807) is 6.20 Å². The minimum Gasteiger partial charge on any atom is -0.480 e. The first-order chi connectivity index (χ1) is 7.79. The molecule has 1 aromatic heterocycles. The van der Waals surface area contributed by atoms with E-state index in [1.807, 2.05) is 30.3 Å². The quantitative estimate of drug-likeness (QED) is 0.735. The lowest BCUT2D eigenvalue weighted by atomic mass is 10.2. The first-order valence-electron chi connectivity index (χ1n) is 4.84. The van der Waals surface area contributed by atoms with Crippen molar-refractivity contribution >= 4 is 16.9 Å². The minimum absolute atomic E-state index is 0.101. The van der Waals surface area contributed by atoms with E-state index in [4.69, 9.17) is 4.74 Å². The van der Waals surface area contributed by atoms with Gasteiger partial charge in [0, 0.05) is 5.39 Å². The molecule has 0 radical (unpaired) electrons. The lowest BCUT2D eigenvalue weighted by molar-refractivity contribution is -0.142. The van der Waals surface area contributed by atoms with Crippen LogP contribution in [0.4, 0.5) is 0 Å². The van der Waals surface area contributed by atoms with Crippen molar-refractivity contribution < 1.29 is 14.3 Å². The van der Waals surface area contributed by atoms with Gasteiger partial charge in [-0.15, -0.1) is 0 Å². The number of esters is 1. The van der Waals surface area contributed by atoms with E-state index in [-0.39, 0.29) is 6.61 Å². The second-order valence-electron chi connectivity index (χ2n) is 3.23. The highest BCUT2D eigenvalue weighted by Crippen LogP contribution is 2.17. The molecule has 1 aromatic carbocycles. The maximum atomic E-state index is 10.9. The molecule has 0 atom stereocenters. The second kappa shape index (κ2) is 4.61. The minimum atomic E-state index is -0.409. The summed E-state index contributed by atoms with van der Waals surface area (Å²) in [5, 5.41) is 0.977. The van der Waals surface area contributed by atoms with Crippen LogP contribution in [0.1, 0.15) is 0 Å². The van der Waals surface area contributed by atoms with E-state index in [1.165, 1.54) is 7.11 Å². The number of carbonyl (C=O) groups excluding carboxylic acids is 1. The Balaban J connectivity index is 2.16. The Labute approximate surface area is 92.8 Å². The van der Waals surface area contributed by atoms with E-state index >= 15 is 0 Å². The number of nitrogens with zero attached hydrogens (tertiary/aromatic N) is 1. The van der Waals surface area contributed by atoms with Crippen molar-refractivity contribution in [2.24, 2.45) is 0 Å². The maximum absolute atomic E-state index is 10.9. The van der Waals surface area contributed by atoms with Crippen molar-refractivity contribution in [2.45, 2.75) is 0 Å². The van der Waals surface area contributed by atoms with Crippen molar-refractivity contribution in [3.63, 3.8) is 0 Å². The molecular weight excluding hydrogens is 206 g/mol. The highest BCUT2D eigenvalue weighted by molar-refractivity contribution is 5.79. The average Bonchev–Trinajstić information content (AvgIpc) is 2.35. The van der Waals surface area contributed by atoms with Crippen LogP contribution in [0.25, 0.3) is 10.9 Å². The summed E-state index contributed by atoms with van der Waals surface area (Å²) in [4.78, 5) is 15.1. The summed E-state index contributed by atoms with van der Waals surface area (Å²) in [6.07, 6.45) is 1.59. The molecule has 0 fully saturated rings. The Morgan fingerprint density at radius 2 is 2.19 bits per heavy atom. The zero-order valence-corrected chi connectivity index (χ0v) is 8.84. The van der Waals surface area contributed by atoms with Crippen LogP contribution in [0.2, 0.25) is 0 Å². The monoisotopic (exact) mass is 217 g/mol. The number of hydrogen-bond acceptors (Lipinski definition) is 4. The van der Waals surface area contributed by atoms with Gasteiger partial charge in [0.05, 0.1) is 18.8 Å².